The van der Waals surface area contributed by atoms with Crippen LogP contribution >= 0.6 is 23.2 Å². The van der Waals surface area contributed by atoms with E-state index in [-0.39, 0.29) is 0 Å². The molecular weight excluding hydrogens is 269 g/mol. The Balaban J connectivity index is 1.79. The first-order chi connectivity index (χ1) is 8.74. The van der Waals surface area contributed by atoms with Crippen molar-refractivity contribution in [1.29, 1.82) is 0 Å². The lowest BCUT2D eigenvalue weighted by Gasteiger charge is -2.37. The van der Waals surface area contributed by atoms with E-state index < -0.39 is 0 Å². The van der Waals surface area contributed by atoms with Crippen molar-refractivity contribution in [3.63, 3.8) is 0 Å². The van der Waals surface area contributed by atoms with Crippen molar-refractivity contribution in [2.75, 3.05) is 6.73 Å². The third-order valence-electron chi connectivity index (χ3n) is 3.92. The lowest BCUT2D eigenvalue weighted by molar-refractivity contribution is 0.0404. The van der Waals surface area contributed by atoms with Crippen LogP contribution in [0.3, 0.4) is 0 Å². The van der Waals surface area contributed by atoms with E-state index in [1.165, 1.54) is 32.1 Å². The van der Waals surface area contributed by atoms with E-state index in [0.717, 1.165) is 17.9 Å². The number of hydrogen-bond acceptors (Lipinski definition) is 2. The Morgan fingerprint density at radius 2 is 1.89 bits per heavy atom. The van der Waals surface area contributed by atoms with Crippen LogP contribution in [0.25, 0.3) is 0 Å². The fourth-order valence-corrected chi connectivity index (χ4v) is 3.58. The van der Waals surface area contributed by atoms with Gasteiger partial charge in [0.15, 0.2) is 0 Å². The van der Waals surface area contributed by atoms with Gasteiger partial charge >= 0.3 is 0 Å². The van der Waals surface area contributed by atoms with Gasteiger partial charge in [-0.3, -0.25) is 4.90 Å². The highest BCUT2D eigenvalue weighted by Crippen LogP contribution is 2.37. The molecule has 0 unspecified atom stereocenters. The van der Waals surface area contributed by atoms with Gasteiger partial charge in [-0.25, -0.2) is 0 Å². The molecule has 1 fully saturated rings. The minimum absolute atomic E-state index is 0.626. The van der Waals surface area contributed by atoms with Crippen LogP contribution < -0.4 is 4.74 Å². The van der Waals surface area contributed by atoms with E-state index in [9.17, 15) is 0 Å². The summed E-state index contributed by atoms with van der Waals surface area (Å²) in [7, 11) is 0. The van der Waals surface area contributed by atoms with Crippen molar-refractivity contribution in [3.05, 3.63) is 27.7 Å². The summed E-state index contributed by atoms with van der Waals surface area (Å²) in [6, 6.07) is 4.38. The van der Waals surface area contributed by atoms with Gasteiger partial charge in [-0.2, -0.15) is 0 Å². The number of rotatable bonds is 1. The second-order valence-electron chi connectivity index (χ2n) is 5.19. The minimum Gasteiger partial charge on any atom is -0.476 e. The summed E-state index contributed by atoms with van der Waals surface area (Å²) in [5, 5.41) is 1.31. The molecule has 0 spiro atoms. The summed E-state index contributed by atoms with van der Waals surface area (Å²) in [5.74, 6) is 0.813. The number of fused-ring (bicyclic) bond motifs is 1. The topological polar surface area (TPSA) is 12.5 Å². The van der Waals surface area contributed by atoms with Crippen LogP contribution in [0.4, 0.5) is 0 Å². The van der Waals surface area contributed by atoms with Crippen molar-refractivity contribution in [2.45, 2.75) is 44.7 Å². The Bertz CT molecular complexity index is 444. The lowest BCUT2D eigenvalue weighted by atomic mass is 9.94. The van der Waals surface area contributed by atoms with Gasteiger partial charge < -0.3 is 4.74 Å². The molecule has 0 amide bonds. The molecule has 0 aromatic heterocycles. The molecule has 2 nitrogen and oxygen atoms in total. The highest BCUT2D eigenvalue weighted by molar-refractivity contribution is 6.35. The first-order valence-corrected chi connectivity index (χ1v) is 7.34. The van der Waals surface area contributed by atoms with E-state index in [1.807, 2.05) is 6.07 Å². The second-order valence-corrected chi connectivity index (χ2v) is 6.03. The lowest BCUT2D eigenvalue weighted by Crippen LogP contribution is -2.41. The molecule has 18 heavy (non-hydrogen) atoms. The predicted octanol–water partition coefficient (Wildman–Crippen LogP) is 4.48. The van der Waals surface area contributed by atoms with Crippen LogP contribution in [-0.2, 0) is 6.54 Å². The van der Waals surface area contributed by atoms with Crippen LogP contribution in [0.5, 0.6) is 5.75 Å². The maximum atomic E-state index is 6.15. The second kappa shape index (κ2) is 5.28. The van der Waals surface area contributed by atoms with E-state index in [0.29, 0.717) is 22.8 Å². The van der Waals surface area contributed by atoms with Crippen LogP contribution in [0.2, 0.25) is 10.0 Å². The Morgan fingerprint density at radius 1 is 1.11 bits per heavy atom. The van der Waals surface area contributed by atoms with Gasteiger partial charge in [-0.1, -0.05) is 42.5 Å². The highest BCUT2D eigenvalue weighted by atomic mass is 35.5. The molecule has 1 saturated carbocycles. The molecule has 0 saturated heterocycles. The zero-order valence-corrected chi connectivity index (χ0v) is 11.8. The molecule has 1 heterocycles. The van der Waals surface area contributed by atoms with Crippen molar-refractivity contribution in [1.82, 2.24) is 4.90 Å². The van der Waals surface area contributed by atoms with Gasteiger partial charge in [0.2, 0.25) is 0 Å². The Morgan fingerprint density at radius 3 is 2.67 bits per heavy atom. The smallest absolute Gasteiger partial charge is 0.144 e. The van der Waals surface area contributed by atoms with E-state index in [1.54, 1.807) is 6.07 Å². The number of ether oxygens (including phenoxy) is 1. The van der Waals surface area contributed by atoms with Gasteiger partial charge in [-0.05, 0) is 25.0 Å². The zero-order chi connectivity index (χ0) is 12.5. The molecule has 1 aromatic rings. The molecule has 2 aliphatic rings. The Kier molecular flexibility index (Phi) is 3.69. The van der Waals surface area contributed by atoms with Crippen LogP contribution in [0.1, 0.15) is 37.7 Å². The zero-order valence-electron chi connectivity index (χ0n) is 10.3. The molecule has 1 aromatic carbocycles. The predicted molar refractivity (Wildman–Crippen MR) is 74.4 cm³/mol. The quantitative estimate of drug-likeness (QED) is 0.754. The first kappa shape index (κ1) is 12.6. The van der Waals surface area contributed by atoms with Gasteiger partial charge in [0, 0.05) is 23.2 Å². The largest absolute Gasteiger partial charge is 0.476 e. The number of benzene rings is 1. The van der Waals surface area contributed by atoms with E-state index in [4.69, 9.17) is 27.9 Å². The molecule has 98 valence electrons. The monoisotopic (exact) mass is 285 g/mol. The molecule has 0 radical (unpaired) electrons. The maximum absolute atomic E-state index is 6.15. The van der Waals surface area contributed by atoms with E-state index >= 15 is 0 Å². The third-order valence-corrected chi connectivity index (χ3v) is 4.42. The molecule has 0 bridgehead atoms. The summed E-state index contributed by atoms with van der Waals surface area (Å²) >= 11 is 12.2. The van der Waals surface area contributed by atoms with Crippen LogP contribution in [0.15, 0.2) is 12.1 Å². The molecule has 1 aliphatic heterocycles. The van der Waals surface area contributed by atoms with Gasteiger partial charge in [0.1, 0.15) is 12.5 Å². The van der Waals surface area contributed by atoms with Crippen LogP contribution in [0, 0.1) is 0 Å². The normalized spacial score (nSPS) is 21.4. The highest BCUT2D eigenvalue weighted by Gasteiger charge is 2.27. The number of hydrogen-bond donors (Lipinski definition) is 0. The molecule has 1 aliphatic carbocycles. The fourth-order valence-electron chi connectivity index (χ4n) is 2.99. The summed E-state index contributed by atoms with van der Waals surface area (Å²) in [5.41, 5.74) is 1.12. The Hall–Kier alpha value is -0.440. The minimum atomic E-state index is 0.626. The molecular formula is C14H17Cl2NO. The Labute approximate surface area is 118 Å². The average Bonchev–Trinajstić information content (AvgIpc) is 2.39. The van der Waals surface area contributed by atoms with Crippen molar-refractivity contribution >= 4 is 23.2 Å². The summed E-state index contributed by atoms with van der Waals surface area (Å²) in [6.45, 7) is 1.55. The summed E-state index contributed by atoms with van der Waals surface area (Å²) < 4.78 is 5.81. The number of halogens is 2. The third kappa shape index (κ3) is 2.47. The van der Waals surface area contributed by atoms with Gasteiger partial charge in [-0.15, -0.1) is 0 Å². The SMILES string of the molecule is Clc1cc(Cl)c2c(c1)CN(C1CCCCC1)CO2. The fraction of sp³-hybridized carbons (Fsp3) is 0.571. The summed E-state index contributed by atoms with van der Waals surface area (Å²) in [4.78, 5) is 2.41. The standard InChI is InChI=1S/C14H17Cl2NO/c15-11-6-10-8-17(12-4-2-1-3-5-12)9-18-14(10)13(16)7-11/h6-7,12H,1-5,8-9H2. The first-order valence-electron chi connectivity index (χ1n) is 6.59. The summed E-state index contributed by atoms with van der Waals surface area (Å²) in [6.07, 6.45) is 6.62. The van der Waals surface area contributed by atoms with Crippen molar-refractivity contribution in [3.8, 4) is 5.75 Å². The molecule has 3 rings (SSSR count). The van der Waals surface area contributed by atoms with Crippen molar-refractivity contribution in [2.24, 2.45) is 0 Å². The maximum Gasteiger partial charge on any atom is 0.144 e. The van der Waals surface area contributed by atoms with Crippen LogP contribution in [-0.4, -0.2) is 17.7 Å². The van der Waals surface area contributed by atoms with Gasteiger partial charge in [0.25, 0.3) is 0 Å². The van der Waals surface area contributed by atoms with Crippen molar-refractivity contribution < 1.29 is 4.74 Å². The molecule has 4 heteroatoms. The average molecular weight is 286 g/mol. The van der Waals surface area contributed by atoms with E-state index in [2.05, 4.69) is 4.90 Å². The molecule has 0 N–H and O–H groups in total. The van der Waals surface area contributed by atoms with Gasteiger partial charge in [0.05, 0.1) is 5.02 Å². The number of nitrogens with zero attached hydrogens (tertiary/aromatic N) is 1. The molecule has 0 atom stereocenters.